The van der Waals surface area contributed by atoms with E-state index in [1.165, 1.54) is 12.8 Å². The first-order valence-corrected chi connectivity index (χ1v) is 6.54. The Kier molecular flexibility index (Phi) is 7.60. The van der Waals surface area contributed by atoms with E-state index < -0.39 is 0 Å². The molecule has 0 unspecified atom stereocenters. The quantitative estimate of drug-likeness (QED) is 0.669. The topological polar surface area (TPSA) is 34.1 Å². The smallest absolute Gasteiger partial charge is 0.0544 e. The van der Waals surface area contributed by atoms with Crippen molar-refractivity contribution in [2.45, 2.75) is 39.7 Å². The van der Waals surface area contributed by atoms with Crippen LogP contribution in [0.15, 0.2) is 18.2 Å². The zero-order chi connectivity index (χ0) is 12.3. The van der Waals surface area contributed by atoms with Gasteiger partial charge in [0.25, 0.3) is 0 Å². The molecule has 0 radical (unpaired) electrons. The summed E-state index contributed by atoms with van der Waals surface area (Å²) in [5.41, 5.74) is 2.18. The summed E-state index contributed by atoms with van der Waals surface area (Å²) in [5, 5.41) is 3.38. The van der Waals surface area contributed by atoms with Gasteiger partial charge in [-0.15, -0.1) is 0 Å². The molecule has 1 aromatic heterocycles. The second kappa shape index (κ2) is 9.14. The summed E-state index contributed by atoms with van der Waals surface area (Å²) < 4.78 is 5.49. The number of pyridine rings is 1. The number of aryl methyl sites for hydroxylation is 1. The molecule has 0 atom stereocenters. The summed E-state index contributed by atoms with van der Waals surface area (Å²) in [7, 11) is 0. The lowest BCUT2D eigenvalue weighted by atomic mass is 10.3. The number of unbranched alkanes of at least 4 members (excludes halogenated alkanes) is 1. The Morgan fingerprint density at radius 3 is 2.82 bits per heavy atom. The monoisotopic (exact) mass is 236 g/mol. The Labute approximate surface area is 105 Å². The van der Waals surface area contributed by atoms with Gasteiger partial charge in [-0.1, -0.05) is 19.4 Å². The van der Waals surface area contributed by atoms with Crippen molar-refractivity contribution in [2.24, 2.45) is 0 Å². The van der Waals surface area contributed by atoms with Crippen LogP contribution in [0.2, 0.25) is 0 Å². The number of nitrogens with one attached hydrogen (secondary N) is 1. The van der Waals surface area contributed by atoms with Gasteiger partial charge < -0.3 is 10.1 Å². The summed E-state index contributed by atoms with van der Waals surface area (Å²) >= 11 is 0. The van der Waals surface area contributed by atoms with E-state index in [9.17, 15) is 0 Å². The lowest BCUT2D eigenvalue weighted by molar-refractivity contribution is 0.128. The molecule has 17 heavy (non-hydrogen) atoms. The molecule has 0 bridgehead atoms. The van der Waals surface area contributed by atoms with Crippen molar-refractivity contribution in [1.82, 2.24) is 10.3 Å². The number of hydrogen-bond donors (Lipinski definition) is 1. The van der Waals surface area contributed by atoms with Gasteiger partial charge in [0.1, 0.15) is 0 Å². The van der Waals surface area contributed by atoms with E-state index in [2.05, 4.69) is 23.3 Å². The molecule has 1 heterocycles. The normalized spacial score (nSPS) is 10.7. The lowest BCUT2D eigenvalue weighted by Crippen LogP contribution is -2.17. The van der Waals surface area contributed by atoms with Crippen LogP contribution in [0.5, 0.6) is 0 Å². The van der Waals surface area contributed by atoms with Crippen molar-refractivity contribution < 1.29 is 4.74 Å². The van der Waals surface area contributed by atoms with Crippen molar-refractivity contribution >= 4 is 0 Å². The van der Waals surface area contributed by atoms with Gasteiger partial charge in [0.2, 0.25) is 0 Å². The molecular formula is C14H24N2O. The highest BCUT2D eigenvalue weighted by molar-refractivity contribution is 5.09. The van der Waals surface area contributed by atoms with Gasteiger partial charge in [-0.2, -0.15) is 0 Å². The molecule has 0 saturated carbocycles. The fraction of sp³-hybridized carbons (Fsp3) is 0.643. The van der Waals surface area contributed by atoms with Gasteiger partial charge in [0, 0.05) is 25.5 Å². The van der Waals surface area contributed by atoms with Crippen molar-refractivity contribution in [3.05, 3.63) is 29.6 Å². The van der Waals surface area contributed by atoms with Crippen LogP contribution in [0.3, 0.4) is 0 Å². The maximum atomic E-state index is 5.49. The summed E-state index contributed by atoms with van der Waals surface area (Å²) in [5.74, 6) is 0. The summed E-state index contributed by atoms with van der Waals surface area (Å²) in [6.45, 7) is 7.79. The Hall–Kier alpha value is -0.930. The highest BCUT2D eigenvalue weighted by Crippen LogP contribution is 1.97. The first kappa shape index (κ1) is 14.1. The molecule has 0 aliphatic carbocycles. The molecule has 1 N–H and O–H groups in total. The highest BCUT2D eigenvalue weighted by atomic mass is 16.5. The molecule has 0 fully saturated rings. The van der Waals surface area contributed by atoms with Crippen LogP contribution >= 0.6 is 0 Å². The fourth-order valence-electron chi connectivity index (χ4n) is 1.56. The van der Waals surface area contributed by atoms with Gasteiger partial charge >= 0.3 is 0 Å². The number of rotatable bonds is 9. The van der Waals surface area contributed by atoms with Crippen molar-refractivity contribution in [1.29, 1.82) is 0 Å². The highest BCUT2D eigenvalue weighted by Gasteiger charge is 1.94. The minimum atomic E-state index is 0.844. The molecule has 0 aliphatic heterocycles. The fourth-order valence-corrected chi connectivity index (χ4v) is 1.56. The Morgan fingerprint density at radius 1 is 1.24 bits per heavy atom. The van der Waals surface area contributed by atoms with Gasteiger partial charge in [0.05, 0.1) is 5.69 Å². The molecule has 0 amide bonds. The number of aromatic nitrogens is 1. The third-order valence-electron chi connectivity index (χ3n) is 2.54. The summed E-state index contributed by atoms with van der Waals surface area (Å²) in [6.07, 6.45) is 3.44. The van der Waals surface area contributed by atoms with Gasteiger partial charge in [0.15, 0.2) is 0 Å². The van der Waals surface area contributed by atoms with Crippen LogP contribution in [-0.2, 0) is 11.3 Å². The lowest BCUT2D eigenvalue weighted by Gasteiger charge is -2.05. The van der Waals surface area contributed by atoms with Gasteiger partial charge in [-0.05, 0) is 38.4 Å². The van der Waals surface area contributed by atoms with E-state index in [0.29, 0.717) is 0 Å². The molecule has 1 rings (SSSR count). The van der Waals surface area contributed by atoms with Crippen LogP contribution in [0.1, 0.15) is 37.6 Å². The third kappa shape index (κ3) is 7.08. The molecule has 3 nitrogen and oxygen atoms in total. The minimum absolute atomic E-state index is 0.844. The number of hydrogen-bond acceptors (Lipinski definition) is 3. The molecule has 0 saturated heterocycles. The van der Waals surface area contributed by atoms with E-state index >= 15 is 0 Å². The van der Waals surface area contributed by atoms with E-state index in [4.69, 9.17) is 4.74 Å². The predicted octanol–water partition coefficient (Wildman–Crippen LogP) is 2.69. The first-order valence-electron chi connectivity index (χ1n) is 6.54. The molecular weight excluding hydrogens is 212 g/mol. The molecule has 3 heteroatoms. The maximum absolute atomic E-state index is 5.49. The second-order valence-electron chi connectivity index (χ2n) is 4.27. The largest absolute Gasteiger partial charge is 0.381 e. The Balaban J connectivity index is 1.97. The number of nitrogens with zero attached hydrogens (tertiary/aromatic N) is 1. The van der Waals surface area contributed by atoms with Crippen molar-refractivity contribution in [2.75, 3.05) is 19.8 Å². The number of ether oxygens (including phenoxy) is 1. The first-order chi connectivity index (χ1) is 8.33. The van der Waals surface area contributed by atoms with Crippen LogP contribution in [0.25, 0.3) is 0 Å². The van der Waals surface area contributed by atoms with Crippen molar-refractivity contribution in [3.63, 3.8) is 0 Å². The third-order valence-corrected chi connectivity index (χ3v) is 2.54. The van der Waals surface area contributed by atoms with Crippen LogP contribution < -0.4 is 5.32 Å². The van der Waals surface area contributed by atoms with Crippen LogP contribution in [-0.4, -0.2) is 24.7 Å². The van der Waals surface area contributed by atoms with E-state index in [-0.39, 0.29) is 0 Å². The van der Waals surface area contributed by atoms with Gasteiger partial charge in [-0.3, -0.25) is 4.98 Å². The Morgan fingerprint density at radius 2 is 2.06 bits per heavy atom. The minimum Gasteiger partial charge on any atom is -0.381 e. The second-order valence-corrected chi connectivity index (χ2v) is 4.27. The van der Waals surface area contributed by atoms with Crippen molar-refractivity contribution in [3.8, 4) is 0 Å². The van der Waals surface area contributed by atoms with Gasteiger partial charge in [-0.25, -0.2) is 0 Å². The maximum Gasteiger partial charge on any atom is 0.0544 e. The predicted molar refractivity (Wildman–Crippen MR) is 71.0 cm³/mol. The van der Waals surface area contributed by atoms with Crippen LogP contribution in [0, 0.1) is 6.92 Å². The summed E-state index contributed by atoms with van der Waals surface area (Å²) in [6, 6.07) is 6.12. The average Bonchev–Trinajstić information content (AvgIpc) is 2.33. The van der Waals surface area contributed by atoms with E-state index in [0.717, 1.165) is 44.1 Å². The van der Waals surface area contributed by atoms with Crippen LogP contribution in [0.4, 0.5) is 0 Å². The SMILES string of the molecule is CCCCOCCCNCc1cccc(C)n1. The summed E-state index contributed by atoms with van der Waals surface area (Å²) in [4.78, 5) is 4.44. The average molecular weight is 236 g/mol. The standard InChI is InChI=1S/C14H24N2O/c1-3-4-10-17-11-6-9-15-12-14-8-5-7-13(2)16-14/h5,7-8,15H,3-4,6,9-12H2,1-2H3. The zero-order valence-corrected chi connectivity index (χ0v) is 11.0. The molecule has 1 aromatic rings. The van der Waals surface area contributed by atoms with E-state index in [1.54, 1.807) is 0 Å². The molecule has 0 aromatic carbocycles. The Bertz CT molecular complexity index is 302. The molecule has 96 valence electrons. The molecule has 0 spiro atoms. The van der Waals surface area contributed by atoms with E-state index in [1.807, 2.05) is 19.1 Å². The zero-order valence-electron chi connectivity index (χ0n) is 11.0. The molecule has 0 aliphatic rings.